The number of amides is 1. The van der Waals surface area contributed by atoms with E-state index in [9.17, 15) is 4.79 Å². The molecule has 3 N–H and O–H groups in total. The van der Waals surface area contributed by atoms with Gasteiger partial charge in [-0.2, -0.15) is 0 Å². The molecule has 1 amide bonds. The largest absolute Gasteiger partial charge is 0.384 e. The molecule has 0 bridgehead atoms. The second-order valence-corrected chi connectivity index (χ2v) is 4.64. The number of nitrogens with one attached hydrogen (secondary N) is 1. The number of nitrogen functional groups attached to an aromatic ring is 1. The van der Waals surface area contributed by atoms with Crippen LogP contribution < -0.4 is 11.1 Å². The highest BCUT2D eigenvalue weighted by Gasteiger charge is 2.10. The van der Waals surface area contributed by atoms with Crippen LogP contribution in [0.5, 0.6) is 0 Å². The van der Waals surface area contributed by atoms with Gasteiger partial charge in [0.25, 0.3) is 5.91 Å². The Morgan fingerprint density at radius 1 is 1.30 bits per heavy atom. The highest BCUT2D eigenvalue weighted by molar-refractivity contribution is 6.04. The normalized spacial score (nSPS) is 10.3. The molecule has 0 aliphatic heterocycles. The molecule has 20 heavy (non-hydrogen) atoms. The SMILES string of the molecule is CCCc1cc(C(=O)Nc2cccc(C)n2)cc(N)n1. The van der Waals surface area contributed by atoms with Gasteiger partial charge in [0.1, 0.15) is 11.6 Å². The topological polar surface area (TPSA) is 80.9 Å². The molecular weight excluding hydrogens is 252 g/mol. The van der Waals surface area contributed by atoms with Gasteiger partial charge in [-0.15, -0.1) is 0 Å². The van der Waals surface area contributed by atoms with E-state index < -0.39 is 0 Å². The summed E-state index contributed by atoms with van der Waals surface area (Å²) in [5.41, 5.74) is 7.92. The molecule has 2 rings (SSSR count). The van der Waals surface area contributed by atoms with E-state index in [2.05, 4.69) is 22.2 Å². The molecule has 0 aliphatic carbocycles. The first-order chi connectivity index (χ1) is 9.58. The summed E-state index contributed by atoms with van der Waals surface area (Å²) in [6.45, 7) is 3.93. The lowest BCUT2D eigenvalue weighted by atomic mass is 10.1. The molecule has 5 nitrogen and oxygen atoms in total. The lowest BCUT2D eigenvalue weighted by Gasteiger charge is -2.07. The van der Waals surface area contributed by atoms with Gasteiger partial charge in [0.05, 0.1) is 0 Å². The first-order valence-electron chi connectivity index (χ1n) is 6.60. The Labute approximate surface area is 118 Å². The molecule has 2 heterocycles. The van der Waals surface area contributed by atoms with E-state index in [1.807, 2.05) is 19.1 Å². The van der Waals surface area contributed by atoms with Crippen molar-refractivity contribution in [2.24, 2.45) is 0 Å². The lowest BCUT2D eigenvalue weighted by molar-refractivity contribution is 0.102. The van der Waals surface area contributed by atoms with E-state index in [-0.39, 0.29) is 5.91 Å². The first kappa shape index (κ1) is 14.0. The van der Waals surface area contributed by atoms with Crippen LogP contribution in [0, 0.1) is 6.92 Å². The van der Waals surface area contributed by atoms with Crippen molar-refractivity contribution in [2.75, 3.05) is 11.1 Å². The van der Waals surface area contributed by atoms with Crippen molar-refractivity contribution in [3.8, 4) is 0 Å². The molecule has 0 saturated carbocycles. The van der Waals surface area contributed by atoms with Crippen molar-refractivity contribution in [3.63, 3.8) is 0 Å². The van der Waals surface area contributed by atoms with E-state index in [4.69, 9.17) is 5.73 Å². The summed E-state index contributed by atoms with van der Waals surface area (Å²) in [4.78, 5) is 20.6. The van der Waals surface area contributed by atoms with Gasteiger partial charge in [0.2, 0.25) is 0 Å². The molecule has 2 aromatic rings. The van der Waals surface area contributed by atoms with Gasteiger partial charge in [-0.05, 0) is 37.6 Å². The fourth-order valence-electron chi connectivity index (χ4n) is 1.93. The number of nitrogens with zero attached hydrogens (tertiary/aromatic N) is 2. The van der Waals surface area contributed by atoms with E-state index >= 15 is 0 Å². The molecule has 0 aromatic carbocycles. The number of carbonyl (C=O) groups is 1. The fraction of sp³-hybridized carbons (Fsp3) is 0.267. The third kappa shape index (κ3) is 3.54. The molecule has 104 valence electrons. The Morgan fingerprint density at radius 3 is 2.80 bits per heavy atom. The molecule has 0 saturated heterocycles. The lowest BCUT2D eigenvalue weighted by Crippen LogP contribution is -2.14. The van der Waals surface area contributed by atoms with Gasteiger partial charge in [-0.25, -0.2) is 9.97 Å². The molecule has 0 atom stereocenters. The monoisotopic (exact) mass is 270 g/mol. The third-order valence-electron chi connectivity index (χ3n) is 2.80. The number of rotatable bonds is 4. The Hall–Kier alpha value is -2.43. The van der Waals surface area contributed by atoms with Crippen LogP contribution in [0.2, 0.25) is 0 Å². The van der Waals surface area contributed by atoms with Crippen molar-refractivity contribution < 1.29 is 4.79 Å². The van der Waals surface area contributed by atoms with Crippen LogP contribution in [-0.2, 0) is 6.42 Å². The van der Waals surface area contributed by atoms with Gasteiger partial charge >= 0.3 is 0 Å². The number of pyridine rings is 2. The summed E-state index contributed by atoms with van der Waals surface area (Å²) < 4.78 is 0. The summed E-state index contributed by atoms with van der Waals surface area (Å²) in [7, 11) is 0. The number of carbonyl (C=O) groups excluding carboxylic acids is 1. The van der Waals surface area contributed by atoms with Gasteiger partial charge in [-0.1, -0.05) is 19.4 Å². The van der Waals surface area contributed by atoms with Crippen LogP contribution in [0.25, 0.3) is 0 Å². The highest BCUT2D eigenvalue weighted by atomic mass is 16.1. The van der Waals surface area contributed by atoms with E-state index in [0.717, 1.165) is 24.2 Å². The number of nitrogens with two attached hydrogens (primary N) is 1. The van der Waals surface area contributed by atoms with Crippen molar-refractivity contribution >= 4 is 17.5 Å². The molecule has 2 aromatic heterocycles. The van der Waals surface area contributed by atoms with Crippen LogP contribution in [-0.4, -0.2) is 15.9 Å². The number of aryl methyl sites for hydroxylation is 2. The second kappa shape index (κ2) is 6.14. The smallest absolute Gasteiger partial charge is 0.257 e. The Bertz CT molecular complexity index is 625. The summed E-state index contributed by atoms with van der Waals surface area (Å²) in [5.74, 6) is 0.662. The molecule has 0 aliphatic rings. The predicted octanol–water partition coefficient (Wildman–Crippen LogP) is 2.57. The van der Waals surface area contributed by atoms with Crippen LogP contribution >= 0.6 is 0 Å². The minimum Gasteiger partial charge on any atom is -0.384 e. The summed E-state index contributed by atoms with van der Waals surface area (Å²) in [5, 5.41) is 2.76. The van der Waals surface area contributed by atoms with Crippen LogP contribution in [0.1, 0.15) is 35.1 Å². The third-order valence-corrected chi connectivity index (χ3v) is 2.80. The minimum atomic E-state index is -0.227. The maximum Gasteiger partial charge on any atom is 0.257 e. The Balaban J connectivity index is 2.20. The zero-order chi connectivity index (χ0) is 14.5. The number of hydrogen-bond acceptors (Lipinski definition) is 4. The standard InChI is InChI=1S/C15H18N4O/c1-3-5-12-8-11(9-13(16)18-12)15(20)19-14-7-4-6-10(2)17-14/h4,6-9H,3,5H2,1-2H3,(H2,16,18)(H,17,19,20). The van der Waals surface area contributed by atoms with Crippen molar-refractivity contribution in [3.05, 3.63) is 47.3 Å². The predicted molar refractivity (Wildman–Crippen MR) is 79.6 cm³/mol. The first-order valence-corrected chi connectivity index (χ1v) is 6.60. The van der Waals surface area contributed by atoms with Crippen LogP contribution in [0.3, 0.4) is 0 Å². The summed E-state index contributed by atoms with van der Waals surface area (Å²) >= 11 is 0. The van der Waals surface area contributed by atoms with Crippen LogP contribution in [0.15, 0.2) is 30.3 Å². The van der Waals surface area contributed by atoms with E-state index in [0.29, 0.717) is 17.2 Å². The van der Waals surface area contributed by atoms with Crippen molar-refractivity contribution in [1.29, 1.82) is 0 Å². The number of hydrogen-bond donors (Lipinski definition) is 2. The van der Waals surface area contributed by atoms with E-state index in [1.54, 1.807) is 18.2 Å². The van der Waals surface area contributed by atoms with Crippen molar-refractivity contribution in [2.45, 2.75) is 26.7 Å². The maximum atomic E-state index is 12.2. The van der Waals surface area contributed by atoms with Gasteiger partial charge < -0.3 is 11.1 Å². The Morgan fingerprint density at radius 2 is 2.10 bits per heavy atom. The summed E-state index contributed by atoms with van der Waals surface area (Å²) in [6.07, 6.45) is 1.75. The zero-order valence-corrected chi connectivity index (χ0v) is 11.7. The molecule has 0 fully saturated rings. The average molecular weight is 270 g/mol. The molecule has 0 unspecified atom stereocenters. The van der Waals surface area contributed by atoms with E-state index in [1.165, 1.54) is 0 Å². The van der Waals surface area contributed by atoms with Crippen LogP contribution in [0.4, 0.5) is 11.6 Å². The van der Waals surface area contributed by atoms with Crippen molar-refractivity contribution in [1.82, 2.24) is 9.97 Å². The van der Waals surface area contributed by atoms with Gasteiger partial charge in [0.15, 0.2) is 0 Å². The number of aromatic nitrogens is 2. The molecule has 0 radical (unpaired) electrons. The molecular formula is C15H18N4O. The minimum absolute atomic E-state index is 0.227. The fourth-order valence-corrected chi connectivity index (χ4v) is 1.93. The summed E-state index contributed by atoms with van der Waals surface area (Å²) in [6, 6.07) is 8.82. The van der Waals surface area contributed by atoms with Gasteiger partial charge in [-0.3, -0.25) is 4.79 Å². The average Bonchev–Trinajstić information content (AvgIpc) is 2.38. The zero-order valence-electron chi connectivity index (χ0n) is 11.7. The molecule has 5 heteroatoms. The molecule has 0 spiro atoms. The second-order valence-electron chi connectivity index (χ2n) is 4.64. The number of anilines is 2. The quantitative estimate of drug-likeness (QED) is 0.894. The maximum absolute atomic E-state index is 12.2. The highest BCUT2D eigenvalue weighted by Crippen LogP contribution is 2.12. The Kier molecular flexibility index (Phi) is 4.30. The van der Waals surface area contributed by atoms with Gasteiger partial charge in [0, 0.05) is 17.0 Å².